The van der Waals surface area contributed by atoms with Crippen molar-refractivity contribution in [2.45, 2.75) is 13.5 Å². The minimum atomic E-state index is -0.348. The Bertz CT molecular complexity index is 679. The molecule has 94 valence electrons. The van der Waals surface area contributed by atoms with Crippen LogP contribution in [0.25, 0.3) is 10.9 Å². The molecule has 0 fully saturated rings. The van der Waals surface area contributed by atoms with E-state index in [2.05, 4.69) is 4.98 Å². The van der Waals surface area contributed by atoms with E-state index in [0.29, 0.717) is 16.7 Å². The Labute approximate surface area is 108 Å². The maximum absolute atomic E-state index is 12.2. The molecule has 0 aliphatic heterocycles. The highest BCUT2D eigenvalue weighted by atomic mass is 35.5. The van der Waals surface area contributed by atoms with Gasteiger partial charge in [-0.2, -0.15) is 0 Å². The Morgan fingerprint density at radius 3 is 2.83 bits per heavy atom. The SMILES string of the molecule is COc1cccc2c(=O)n(CC(C)=O)c(Cl)nc12. The van der Waals surface area contributed by atoms with Gasteiger partial charge in [0.1, 0.15) is 17.0 Å². The van der Waals surface area contributed by atoms with Gasteiger partial charge in [0, 0.05) is 0 Å². The summed E-state index contributed by atoms with van der Waals surface area (Å²) < 4.78 is 6.27. The van der Waals surface area contributed by atoms with E-state index >= 15 is 0 Å². The zero-order valence-corrected chi connectivity index (χ0v) is 10.7. The van der Waals surface area contributed by atoms with Gasteiger partial charge in [-0.15, -0.1) is 0 Å². The van der Waals surface area contributed by atoms with Crippen LogP contribution in [0, 0.1) is 0 Å². The van der Waals surface area contributed by atoms with Gasteiger partial charge in [0.2, 0.25) is 5.28 Å². The molecule has 2 aromatic rings. The summed E-state index contributed by atoms with van der Waals surface area (Å²) in [6.07, 6.45) is 0. The minimum Gasteiger partial charge on any atom is -0.494 e. The van der Waals surface area contributed by atoms with Crippen molar-refractivity contribution < 1.29 is 9.53 Å². The van der Waals surface area contributed by atoms with Gasteiger partial charge in [-0.3, -0.25) is 14.2 Å². The fraction of sp³-hybridized carbons (Fsp3) is 0.250. The number of fused-ring (bicyclic) bond motifs is 1. The van der Waals surface area contributed by atoms with E-state index in [1.165, 1.54) is 14.0 Å². The molecule has 0 amide bonds. The number of halogens is 1. The Balaban J connectivity index is 2.79. The molecular weight excluding hydrogens is 256 g/mol. The van der Waals surface area contributed by atoms with E-state index in [1.807, 2.05) is 0 Å². The molecule has 1 aromatic carbocycles. The van der Waals surface area contributed by atoms with Crippen molar-refractivity contribution in [1.82, 2.24) is 9.55 Å². The number of rotatable bonds is 3. The van der Waals surface area contributed by atoms with Gasteiger partial charge < -0.3 is 4.74 Å². The summed E-state index contributed by atoms with van der Waals surface area (Å²) in [6, 6.07) is 5.01. The van der Waals surface area contributed by atoms with E-state index in [0.717, 1.165) is 4.57 Å². The van der Waals surface area contributed by atoms with Crippen molar-refractivity contribution >= 4 is 28.3 Å². The van der Waals surface area contributed by atoms with Gasteiger partial charge in [0.05, 0.1) is 19.0 Å². The monoisotopic (exact) mass is 266 g/mol. The number of benzene rings is 1. The molecule has 0 radical (unpaired) electrons. The molecule has 0 aliphatic rings. The summed E-state index contributed by atoms with van der Waals surface area (Å²) in [6.45, 7) is 1.30. The van der Waals surface area contributed by atoms with Crippen molar-refractivity contribution in [2.75, 3.05) is 7.11 Å². The lowest BCUT2D eigenvalue weighted by atomic mass is 10.2. The molecule has 1 aromatic heterocycles. The molecule has 2 rings (SSSR count). The number of ether oxygens (including phenoxy) is 1. The quantitative estimate of drug-likeness (QED) is 0.793. The zero-order valence-electron chi connectivity index (χ0n) is 9.94. The second kappa shape index (κ2) is 4.78. The highest BCUT2D eigenvalue weighted by Crippen LogP contribution is 2.22. The Kier molecular flexibility index (Phi) is 3.34. The normalized spacial score (nSPS) is 10.6. The van der Waals surface area contributed by atoms with Gasteiger partial charge in [0.25, 0.3) is 5.56 Å². The van der Waals surface area contributed by atoms with Crippen LogP contribution in [0.2, 0.25) is 5.28 Å². The maximum atomic E-state index is 12.2. The first-order chi connectivity index (χ1) is 8.54. The molecule has 0 N–H and O–H groups in total. The molecule has 0 spiro atoms. The molecule has 6 heteroatoms. The Morgan fingerprint density at radius 1 is 1.50 bits per heavy atom. The molecule has 5 nitrogen and oxygen atoms in total. The summed E-state index contributed by atoms with van der Waals surface area (Å²) in [5, 5.41) is 0.354. The van der Waals surface area contributed by atoms with E-state index in [1.54, 1.807) is 18.2 Å². The molecular formula is C12H11ClN2O3. The van der Waals surface area contributed by atoms with Gasteiger partial charge in [0.15, 0.2) is 0 Å². The number of methoxy groups -OCH3 is 1. The van der Waals surface area contributed by atoms with E-state index in [4.69, 9.17) is 16.3 Å². The van der Waals surface area contributed by atoms with Gasteiger partial charge in [-0.25, -0.2) is 4.98 Å². The third-order valence-electron chi connectivity index (χ3n) is 2.50. The van der Waals surface area contributed by atoms with Crippen LogP contribution in [0.5, 0.6) is 5.75 Å². The predicted octanol–water partition coefficient (Wildman–Crippen LogP) is 1.65. The number of hydrogen-bond acceptors (Lipinski definition) is 4. The number of ketones is 1. The second-order valence-electron chi connectivity index (χ2n) is 3.83. The molecule has 0 atom stereocenters. The van der Waals surface area contributed by atoms with Crippen LogP contribution in [0.4, 0.5) is 0 Å². The molecule has 0 saturated carbocycles. The molecule has 18 heavy (non-hydrogen) atoms. The number of aromatic nitrogens is 2. The first kappa shape index (κ1) is 12.6. The maximum Gasteiger partial charge on any atom is 0.262 e. The van der Waals surface area contributed by atoms with E-state index < -0.39 is 0 Å². The lowest BCUT2D eigenvalue weighted by Crippen LogP contribution is -2.25. The van der Waals surface area contributed by atoms with Crippen LogP contribution >= 0.6 is 11.6 Å². The van der Waals surface area contributed by atoms with E-state index in [-0.39, 0.29) is 23.2 Å². The molecule has 0 bridgehead atoms. The average Bonchev–Trinajstić information content (AvgIpc) is 2.33. The molecule has 0 aliphatic carbocycles. The molecule has 0 unspecified atom stereocenters. The first-order valence-corrected chi connectivity index (χ1v) is 5.65. The number of nitrogens with zero attached hydrogens (tertiary/aromatic N) is 2. The van der Waals surface area contributed by atoms with Gasteiger partial charge in [-0.1, -0.05) is 6.07 Å². The Hall–Kier alpha value is -1.88. The van der Waals surface area contributed by atoms with Crippen molar-refractivity contribution in [2.24, 2.45) is 0 Å². The number of carbonyl (C=O) groups excluding carboxylic acids is 1. The summed E-state index contributed by atoms with van der Waals surface area (Å²) in [4.78, 5) is 27.4. The van der Waals surface area contributed by atoms with Crippen LogP contribution in [0.3, 0.4) is 0 Å². The fourth-order valence-electron chi connectivity index (χ4n) is 1.72. The predicted molar refractivity (Wildman–Crippen MR) is 68.2 cm³/mol. The van der Waals surface area contributed by atoms with Crippen LogP contribution in [0.15, 0.2) is 23.0 Å². The lowest BCUT2D eigenvalue weighted by Gasteiger charge is -2.09. The summed E-state index contributed by atoms with van der Waals surface area (Å²) in [5.41, 5.74) is 0.0499. The summed E-state index contributed by atoms with van der Waals surface area (Å²) >= 11 is 5.93. The summed E-state index contributed by atoms with van der Waals surface area (Å²) in [7, 11) is 1.49. The number of carbonyl (C=O) groups is 1. The van der Waals surface area contributed by atoms with E-state index in [9.17, 15) is 9.59 Å². The zero-order chi connectivity index (χ0) is 13.3. The summed E-state index contributed by atoms with van der Waals surface area (Å²) in [5.74, 6) is 0.310. The highest BCUT2D eigenvalue weighted by Gasteiger charge is 2.13. The number of hydrogen-bond donors (Lipinski definition) is 0. The fourth-order valence-corrected chi connectivity index (χ4v) is 1.94. The van der Waals surface area contributed by atoms with Gasteiger partial charge in [-0.05, 0) is 30.7 Å². The molecule has 0 saturated heterocycles. The minimum absolute atomic E-state index is 0.0211. The third kappa shape index (κ3) is 2.09. The van der Waals surface area contributed by atoms with Crippen LogP contribution in [-0.2, 0) is 11.3 Å². The second-order valence-corrected chi connectivity index (χ2v) is 4.17. The van der Waals surface area contributed by atoms with Crippen LogP contribution < -0.4 is 10.3 Å². The van der Waals surface area contributed by atoms with Crippen molar-refractivity contribution in [3.05, 3.63) is 33.8 Å². The number of para-hydroxylation sites is 1. The Morgan fingerprint density at radius 2 is 2.22 bits per heavy atom. The van der Waals surface area contributed by atoms with Crippen molar-refractivity contribution in [1.29, 1.82) is 0 Å². The van der Waals surface area contributed by atoms with Crippen molar-refractivity contribution in [3.63, 3.8) is 0 Å². The van der Waals surface area contributed by atoms with Crippen LogP contribution in [0.1, 0.15) is 6.92 Å². The highest BCUT2D eigenvalue weighted by molar-refractivity contribution is 6.28. The van der Waals surface area contributed by atoms with Crippen LogP contribution in [-0.4, -0.2) is 22.4 Å². The van der Waals surface area contributed by atoms with Crippen molar-refractivity contribution in [3.8, 4) is 5.75 Å². The third-order valence-corrected chi connectivity index (χ3v) is 2.79. The standard InChI is InChI=1S/C12H11ClN2O3/c1-7(16)6-15-11(17)8-4-3-5-9(18-2)10(8)14-12(15)13/h3-5H,6H2,1-2H3. The molecule has 1 heterocycles. The van der Waals surface area contributed by atoms with Gasteiger partial charge >= 0.3 is 0 Å². The smallest absolute Gasteiger partial charge is 0.262 e. The lowest BCUT2D eigenvalue weighted by molar-refractivity contribution is -0.117. The average molecular weight is 267 g/mol. The topological polar surface area (TPSA) is 61.2 Å². The first-order valence-electron chi connectivity index (χ1n) is 5.27. The largest absolute Gasteiger partial charge is 0.494 e. The number of Topliss-reactive ketones (excluding diaryl/α,β-unsaturated/α-hetero) is 1.